The first-order valence-corrected chi connectivity index (χ1v) is 5.60. The van der Waals surface area contributed by atoms with Crippen LogP contribution in [0, 0.1) is 18.6 Å². The number of aryl methyl sites for hydroxylation is 1. The maximum absolute atomic E-state index is 13.5. The molecule has 0 aliphatic heterocycles. The summed E-state index contributed by atoms with van der Waals surface area (Å²) in [5, 5.41) is 0. The molecule has 3 heteroatoms. The molecule has 0 amide bonds. The van der Waals surface area contributed by atoms with Gasteiger partial charge in [-0.3, -0.25) is 4.79 Å². The van der Waals surface area contributed by atoms with E-state index in [-0.39, 0.29) is 23.3 Å². The van der Waals surface area contributed by atoms with Crippen molar-refractivity contribution < 1.29 is 13.6 Å². The number of ketones is 1. The Morgan fingerprint density at radius 1 is 1.06 bits per heavy atom. The summed E-state index contributed by atoms with van der Waals surface area (Å²) < 4.78 is 26.6. The fraction of sp³-hybridized carbons (Fsp3) is 0.133. The molecule has 0 heterocycles. The van der Waals surface area contributed by atoms with E-state index in [0.717, 1.165) is 11.6 Å². The Morgan fingerprint density at radius 2 is 1.72 bits per heavy atom. The van der Waals surface area contributed by atoms with Crippen LogP contribution in [0.5, 0.6) is 0 Å². The lowest BCUT2D eigenvalue weighted by Crippen LogP contribution is -2.07. The van der Waals surface area contributed by atoms with Gasteiger partial charge in [0.2, 0.25) is 0 Å². The second-order valence-electron chi connectivity index (χ2n) is 4.17. The predicted octanol–water partition coefficient (Wildman–Crippen LogP) is 3.70. The average molecular weight is 246 g/mol. The highest BCUT2D eigenvalue weighted by molar-refractivity contribution is 5.97. The predicted molar refractivity (Wildman–Crippen MR) is 65.6 cm³/mol. The van der Waals surface area contributed by atoms with Crippen LogP contribution in [0.25, 0.3) is 0 Å². The molecule has 0 aromatic heterocycles. The van der Waals surface area contributed by atoms with Gasteiger partial charge in [-0.2, -0.15) is 0 Å². The van der Waals surface area contributed by atoms with Gasteiger partial charge in [0, 0.05) is 12.5 Å². The number of carbonyl (C=O) groups is 1. The first-order chi connectivity index (χ1) is 8.58. The molecule has 2 aromatic carbocycles. The van der Waals surface area contributed by atoms with E-state index in [4.69, 9.17) is 0 Å². The van der Waals surface area contributed by atoms with Gasteiger partial charge in [-0.15, -0.1) is 0 Å². The molecule has 2 rings (SSSR count). The van der Waals surface area contributed by atoms with Gasteiger partial charge in [-0.05, 0) is 24.1 Å². The summed E-state index contributed by atoms with van der Waals surface area (Å²) in [6.07, 6.45) is 0.114. The summed E-state index contributed by atoms with van der Waals surface area (Å²) in [5.74, 6) is -1.79. The van der Waals surface area contributed by atoms with Crippen LogP contribution in [0.1, 0.15) is 21.5 Å². The Bertz CT molecular complexity index is 577. The minimum absolute atomic E-state index is 0.0576. The van der Waals surface area contributed by atoms with Crippen LogP contribution in [-0.4, -0.2) is 5.78 Å². The van der Waals surface area contributed by atoms with Crippen LogP contribution in [0.2, 0.25) is 0 Å². The minimum atomic E-state index is -0.806. The molecule has 0 saturated carbocycles. The Morgan fingerprint density at radius 3 is 2.39 bits per heavy atom. The fourth-order valence-corrected chi connectivity index (χ4v) is 1.75. The van der Waals surface area contributed by atoms with Crippen molar-refractivity contribution in [3.8, 4) is 0 Å². The summed E-state index contributed by atoms with van der Waals surface area (Å²) in [6, 6.07) is 11.1. The molecule has 92 valence electrons. The van der Waals surface area contributed by atoms with Crippen molar-refractivity contribution in [3.05, 3.63) is 70.8 Å². The number of benzene rings is 2. The lowest BCUT2D eigenvalue weighted by molar-refractivity contribution is 0.0989. The largest absolute Gasteiger partial charge is 0.294 e. The molecule has 0 aliphatic carbocycles. The molecule has 2 aromatic rings. The Labute approximate surface area is 104 Å². The van der Waals surface area contributed by atoms with E-state index in [2.05, 4.69) is 0 Å². The quantitative estimate of drug-likeness (QED) is 0.755. The molecule has 0 spiro atoms. The van der Waals surface area contributed by atoms with Crippen molar-refractivity contribution in [1.82, 2.24) is 0 Å². The number of rotatable bonds is 3. The van der Waals surface area contributed by atoms with Gasteiger partial charge in [0.1, 0.15) is 11.6 Å². The van der Waals surface area contributed by atoms with Crippen LogP contribution in [0.3, 0.4) is 0 Å². The Hall–Kier alpha value is -2.03. The van der Waals surface area contributed by atoms with Crippen LogP contribution in [-0.2, 0) is 6.42 Å². The maximum Gasteiger partial charge on any atom is 0.170 e. The highest BCUT2D eigenvalue weighted by atomic mass is 19.1. The third kappa shape index (κ3) is 2.62. The molecule has 0 atom stereocenters. The zero-order valence-electron chi connectivity index (χ0n) is 9.91. The van der Waals surface area contributed by atoms with Crippen molar-refractivity contribution in [1.29, 1.82) is 0 Å². The molecular weight excluding hydrogens is 234 g/mol. The monoisotopic (exact) mass is 246 g/mol. The van der Waals surface area contributed by atoms with Gasteiger partial charge in [-0.25, -0.2) is 8.78 Å². The van der Waals surface area contributed by atoms with Gasteiger partial charge in [0.15, 0.2) is 5.78 Å². The Kier molecular flexibility index (Phi) is 3.51. The standard InChI is InChI=1S/C15H12F2O/c1-10-7-12(14(17)9-13(10)16)15(18)8-11-5-3-2-4-6-11/h2-7,9H,8H2,1H3. The summed E-state index contributed by atoms with van der Waals surface area (Å²) >= 11 is 0. The smallest absolute Gasteiger partial charge is 0.170 e. The normalized spacial score (nSPS) is 10.4. The second-order valence-corrected chi connectivity index (χ2v) is 4.17. The van der Waals surface area contributed by atoms with Crippen molar-refractivity contribution >= 4 is 5.78 Å². The van der Waals surface area contributed by atoms with E-state index < -0.39 is 11.6 Å². The van der Waals surface area contributed by atoms with Gasteiger partial charge < -0.3 is 0 Å². The van der Waals surface area contributed by atoms with Crippen LogP contribution in [0.4, 0.5) is 8.78 Å². The Balaban J connectivity index is 2.27. The van der Waals surface area contributed by atoms with Crippen LogP contribution >= 0.6 is 0 Å². The molecule has 0 saturated heterocycles. The third-order valence-corrected chi connectivity index (χ3v) is 2.76. The lowest BCUT2D eigenvalue weighted by atomic mass is 10.0. The number of Topliss-reactive ketones (excluding diaryl/α,β-unsaturated/α-hetero) is 1. The van der Waals surface area contributed by atoms with E-state index in [1.54, 1.807) is 12.1 Å². The van der Waals surface area contributed by atoms with Crippen LogP contribution in [0.15, 0.2) is 42.5 Å². The average Bonchev–Trinajstić information content (AvgIpc) is 2.35. The number of hydrogen-bond donors (Lipinski definition) is 0. The molecule has 0 unspecified atom stereocenters. The summed E-state index contributed by atoms with van der Waals surface area (Å²) in [7, 11) is 0. The number of carbonyl (C=O) groups excluding carboxylic acids is 1. The maximum atomic E-state index is 13.5. The van der Waals surface area contributed by atoms with Crippen molar-refractivity contribution in [3.63, 3.8) is 0 Å². The first-order valence-electron chi connectivity index (χ1n) is 5.60. The van der Waals surface area contributed by atoms with Gasteiger partial charge in [-0.1, -0.05) is 30.3 Å². The van der Waals surface area contributed by atoms with Gasteiger partial charge in [0.25, 0.3) is 0 Å². The van der Waals surface area contributed by atoms with Crippen LogP contribution < -0.4 is 0 Å². The minimum Gasteiger partial charge on any atom is -0.294 e. The molecule has 1 nitrogen and oxygen atoms in total. The lowest BCUT2D eigenvalue weighted by Gasteiger charge is -2.05. The van der Waals surface area contributed by atoms with E-state index in [0.29, 0.717) is 0 Å². The molecular formula is C15H12F2O. The highest BCUT2D eigenvalue weighted by Gasteiger charge is 2.14. The van der Waals surface area contributed by atoms with Gasteiger partial charge >= 0.3 is 0 Å². The van der Waals surface area contributed by atoms with E-state index >= 15 is 0 Å². The van der Waals surface area contributed by atoms with E-state index in [1.165, 1.54) is 13.0 Å². The molecule has 0 bridgehead atoms. The van der Waals surface area contributed by atoms with Crippen molar-refractivity contribution in [2.45, 2.75) is 13.3 Å². The zero-order valence-corrected chi connectivity index (χ0v) is 9.91. The molecule has 0 aliphatic rings. The zero-order chi connectivity index (χ0) is 13.1. The number of hydrogen-bond acceptors (Lipinski definition) is 1. The summed E-state index contributed by atoms with van der Waals surface area (Å²) in [6.45, 7) is 1.51. The van der Waals surface area contributed by atoms with E-state index in [1.807, 2.05) is 18.2 Å². The second kappa shape index (κ2) is 5.08. The molecule has 0 radical (unpaired) electrons. The summed E-state index contributed by atoms with van der Waals surface area (Å²) in [4.78, 5) is 11.9. The molecule has 18 heavy (non-hydrogen) atoms. The molecule has 0 fully saturated rings. The van der Waals surface area contributed by atoms with Crippen molar-refractivity contribution in [2.75, 3.05) is 0 Å². The SMILES string of the molecule is Cc1cc(C(=O)Cc2ccccc2)c(F)cc1F. The van der Waals surface area contributed by atoms with E-state index in [9.17, 15) is 13.6 Å². The first kappa shape index (κ1) is 12.4. The summed E-state index contributed by atoms with van der Waals surface area (Å²) in [5.41, 5.74) is 1.02. The fourth-order valence-electron chi connectivity index (χ4n) is 1.75. The number of halogens is 2. The third-order valence-electron chi connectivity index (χ3n) is 2.76. The highest BCUT2D eigenvalue weighted by Crippen LogP contribution is 2.16. The topological polar surface area (TPSA) is 17.1 Å². The van der Waals surface area contributed by atoms with Crippen molar-refractivity contribution in [2.24, 2.45) is 0 Å². The molecule has 0 N–H and O–H groups in total. The van der Waals surface area contributed by atoms with Gasteiger partial charge in [0.05, 0.1) is 5.56 Å².